The van der Waals surface area contributed by atoms with E-state index in [0.29, 0.717) is 0 Å². The number of rotatable bonds is 4. The maximum atomic E-state index is 9.97. The fourth-order valence-electron chi connectivity index (χ4n) is 0.941. The highest BCUT2D eigenvalue weighted by atomic mass is 17.1. The van der Waals surface area contributed by atoms with Gasteiger partial charge in [-0.05, 0) is 5.56 Å². The normalized spacial score (nSPS) is 13.2. The number of nitrogens with two attached hydrogens (primary N) is 1. The first kappa shape index (κ1) is 10.1. The second-order valence-corrected chi connectivity index (χ2v) is 2.55. The third-order valence-electron chi connectivity index (χ3n) is 1.59. The van der Waals surface area contributed by atoms with Crippen molar-refractivity contribution >= 4 is 0 Å². The lowest BCUT2D eigenvalue weighted by molar-refractivity contribution is -0.307. The zero-order valence-corrected chi connectivity index (χ0v) is 6.96. The van der Waals surface area contributed by atoms with Gasteiger partial charge in [0.05, 0.1) is 12.6 Å². The summed E-state index contributed by atoms with van der Waals surface area (Å²) in [7, 11) is 0. The number of nitrogens with zero attached hydrogens (tertiary/aromatic N) is 1. The Balaban J connectivity index is 2.44. The van der Waals surface area contributed by atoms with E-state index in [2.05, 4.69) is 4.84 Å². The van der Waals surface area contributed by atoms with Crippen LogP contribution < -0.4 is 5.73 Å². The quantitative estimate of drug-likeness (QED) is 0.675. The molecule has 1 atom stereocenters. The first-order chi connectivity index (χ1) is 6.20. The first-order valence-electron chi connectivity index (χ1n) is 3.79. The second-order valence-electron chi connectivity index (χ2n) is 2.55. The van der Waals surface area contributed by atoms with Crippen LogP contribution in [0.25, 0.3) is 0 Å². The fraction of sp³-hybridized carbons (Fsp3) is 0.250. The average Bonchev–Trinajstić information content (AvgIpc) is 2.15. The predicted molar refractivity (Wildman–Crippen MR) is 46.3 cm³/mol. The summed E-state index contributed by atoms with van der Waals surface area (Å²) >= 11 is 0. The van der Waals surface area contributed by atoms with Crippen LogP contribution in [-0.4, -0.2) is 17.2 Å². The molecule has 5 nitrogen and oxygen atoms in total. The zero-order chi connectivity index (χ0) is 9.68. The molecule has 1 aromatic rings. The van der Waals surface area contributed by atoms with E-state index in [1.807, 2.05) is 30.3 Å². The van der Waals surface area contributed by atoms with Crippen LogP contribution in [0.2, 0.25) is 0 Å². The largest absolute Gasteiger partial charge is 0.738 e. The predicted octanol–water partition coefficient (Wildman–Crippen LogP) is 0.807. The fourth-order valence-corrected chi connectivity index (χ4v) is 0.941. The van der Waals surface area contributed by atoms with Crippen LogP contribution >= 0.6 is 0 Å². The molecule has 0 spiro atoms. The van der Waals surface area contributed by atoms with Gasteiger partial charge in [0.15, 0.2) is 0 Å². The summed E-state index contributed by atoms with van der Waals surface area (Å²) in [4.78, 5) is 4.27. The van der Waals surface area contributed by atoms with Gasteiger partial charge in [-0.25, -0.2) is 0 Å². The molecular formula is C8H11N2O3-. The molecule has 0 radical (unpaired) electrons. The molecule has 1 rings (SSSR count). The summed E-state index contributed by atoms with van der Waals surface area (Å²) in [5.74, 6) is 0. The molecule has 0 aromatic heterocycles. The van der Waals surface area contributed by atoms with Crippen LogP contribution in [0.4, 0.5) is 0 Å². The van der Waals surface area contributed by atoms with Gasteiger partial charge in [0, 0.05) is 0 Å². The van der Waals surface area contributed by atoms with Gasteiger partial charge in [0.1, 0.15) is 0 Å². The van der Waals surface area contributed by atoms with Crippen LogP contribution in [0.1, 0.15) is 11.6 Å². The van der Waals surface area contributed by atoms with E-state index >= 15 is 0 Å². The minimum absolute atomic E-state index is 0.0516. The standard InChI is InChI=1S/C8H11N2O3/c9-8(6-13-10(11)12)7-4-2-1-3-5-7/h1-5,8,11H,6,9H2/q-1/t8-/m0/s1. The molecule has 0 heterocycles. The van der Waals surface area contributed by atoms with Crippen LogP contribution in [-0.2, 0) is 4.84 Å². The SMILES string of the molecule is N[C@@H](CON([O-])O)c1ccccc1. The Labute approximate surface area is 75.8 Å². The van der Waals surface area contributed by atoms with Crippen molar-refractivity contribution in [1.29, 1.82) is 0 Å². The van der Waals surface area contributed by atoms with Crippen molar-refractivity contribution in [3.05, 3.63) is 41.1 Å². The highest BCUT2D eigenvalue weighted by Gasteiger charge is 2.04. The molecule has 0 fully saturated rings. The Kier molecular flexibility index (Phi) is 3.81. The van der Waals surface area contributed by atoms with E-state index in [0.717, 1.165) is 5.56 Å². The van der Waals surface area contributed by atoms with Crippen molar-refractivity contribution in [2.24, 2.45) is 5.73 Å². The van der Waals surface area contributed by atoms with Crippen LogP contribution in [0.3, 0.4) is 0 Å². The van der Waals surface area contributed by atoms with E-state index in [9.17, 15) is 5.21 Å². The van der Waals surface area contributed by atoms with Crippen LogP contribution in [0.5, 0.6) is 0 Å². The smallest absolute Gasteiger partial charge is 0.0892 e. The lowest BCUT2D eigenvalue weighted by atomic mass is 10.1. The molecule has 0 saturated heterocycles. The third kappa shape index (κ3) is 3.49. The molecule has 0 saturated carbocycles. The maximum Gasteiger partial charge on any atom is 0.0892 e. The van der Waals surface area contributed by atoms with Crippen molar-refractivity contribution in [3.63, 3.8) is 0 Å². The van der Waals surface area contributed by atoms with Crippen molar-refractivity contribution in [3.8, 4) is 0 Å². The third-order valence-corrected chi connectivity index (χ3v) is 1.59. The summed E-state index contributed by atoms with van der Waals surface area (Å²) < 4.78 is 0. The van der Waals surface area contributed by atoms with E-state index < -0.39 is 11.4 Å². The first-order valence-corrected chi connectivity index (χ1v) is 3.79. The molecule has 1 aromatic carbocycles. The van der Waals surface area contributed by atoms with E-state index in [4.69, 9.17) is 10.9 Å². The van der Waals surface area contributed by atoms with Gasteiger partial charge in [0.2, 0.25) is 0 Å². The van der Waals surface area contributed by atoms with Gasteiger partial charge < -0.3 is 16.1 Å². The summed E-state index contributed by atoms with van der Waals surface area (Å²) in [5.41, 5.74) is 6.49. The Bertz CT molecular complexity index is 240. The van der Waals surface area contributed by atoms with Gasteiger partial charge in [-0.15, -0.1) is 5.39 Å². The minimum Gasteiger partial charge on any atom is -0.738 e. The molecule has 5 heteroatoms. The molecule has 0 unspecified atom stereocenters. The molecular weight excluding hydrogens is 172 g/mol. The van der Waals surface area contributed by atoms with Crippen molar-refractivity contribution in [2.45, 2.75) is 6.04 Å². The zero-order valence-electron chi connectivity index (χ0n) is 6.96. The molecule has 0 amide bonds. The topological polar surface area (TPSA) is 81.8 Å². The Hall–Kier alpha value is -0.980. The summed E-state index contributed by atoms with van der Waals surface area (Å²) in [6.07, 6.45) is 0. The van der Waals surface area contributed by atoms with Gasteiger partial charge in [-0.2, -0.15) is 0 Å². The summed E-state index contributed by atoms with van der Waals surface area (Å²) in [6.45, 7) is -0.0516. The maximum absolute atomic E-state index is 9.97. The number of hydrogen-bond donors (Lipinski definition) is 2. The molecule has 0 aliphatic rings. The van der Waals surface area contributed by atoms with E-state index in [-0.39, 0.29) is 6.61 Å². The second kappa shape index (κ2) is 4.90. The van der Waals surface area contributed by atoms with Gasteiger partial charge >= 0.3 is 0 Å². The summed E-state index contributed by atoms with van der Waals surface area (Å²) in [6, 6.07) is 8.76. The molecule has 0 bridgehead atoms. The number of benzene rings is 1. The van der Waals surface area contributed by atoms with E-state index in [1.165, 1.54) is 0 Å². The van der Waals surface area contributed by atoms with Crippen molar-refractivity contribution in [2.75, 3.05) is 6.61 Å². The Morgan fingerprint density at radius 2 is 2.08 bits per heavy atom. The number of hydrogen-bond acceptors (Lipinski definition) is 5. The molecule has 3 N–H and O–H groups in total. The molecule has 72 valence electrons. The molecule has 13 heavy (non-hydrogen) atoms. The minimum atomic E-state index is -0.594. The van der Waals surface area contributed by atoms with Crippen molar-refractivity contribution < 1.29 is 10.0 Å². The van der Waals surface area contributed by atoms with Crippen LogP contribution in [0.15, 0.2) is 30.3 Å². The Morgan fingerprint density at radius 3 is 2.62 bits per heavy atom. The highest BCUT2D eigenvalue weighted by Crippen LogP contribution is 2.09. The Morgan fingerprint density at radius 1 is 1.46 bits per heavy atom. The summed E-state index contributed by atoms with van der Waals surface area (Å²) in [5, 5.41) is 17.5. The van der Waals surface area contributed by atoms with Gasteiger partial charge in [-0.3, -0.25) is 4.84 Å². The lowest BCUT2D eigenvalue weighted by Crippen LogP contribution is -2.22. The molecule has 0 aliphatic heterocycles. The lowest BCUT2D eigenvalue weighted by Gasteiger charge is -2.20. The molecule has 0 aliphatic carbocycles. The van der Waals surface area contributed by atoms with Gasteiger partial charge in [0.25, 0.3) is 0 Å². The van der Waals surface area contributed by atoms with Crippen LogP contribution in [0, 0.1) is 5.21 Å². The van der Waals surface area contributed by atoms with Gasteiger partial charge in [-0.1, -0.05) is 30.3 Å². The average molecular weight is 183 g/mol. The monoisotopic (exact) mass is 183 g/mol. The highest BCUT2D eigenvalue weighted by molar-refractivity contribution is 5.18. The van der Waals surface area contributed by atoms with Crippen molar-refractivity contribution in [1.82, 2.24) is 5.39 Å². The van der Waals surface area contributed by atoms with E-state index in [1.54, 1.807) is 0 Å².